The van der Waals surface area contributed by atoms with E-state index in [1.807, 2.05) is 13.0 Å². The predicted molar refractivity (Wildman–Crippen MR) is 46.8 cm³/mol. The third-order valence-corrected chi connectivity index (χ3v) is 2.19. The van der Waals surface area contributed by atoms with Crippen LogP contribution in [0.15, 0.2) is 18.2 Å². The lowest BCUT2D eigenvalue weighted by Gasteiger charge is -2.13. The molecule has 1 aliphatic rings. The van der Waals surface area contributed by atoms with Crippen molar-refractivity contribution in [1.82, 2.24) is 0 Å². The smallest absolute Gasteiger partial charge is 0.270 e. The van der Waals surface area contributed by atoms with Gasteiger partial charge in [-0.2, -0.15) is 0 Å². The summed E-state index contributed by atoms with van der Waals surface area (Å²) in [5, 5.41) is 9.54. The number of Topliss-reactive ketones (excluding diaryl/α,β-unsaturated/α-hetero) is 1. The maximum Gasteiger partial charge on any atom is 0.270 e. The fourth-order valence-corrected chi connectivity index (χ4v) is 1.51. The molecule has 1 atom stereocenters. The summed E-state index contributed by atoms with van der Waals surface area (Å²) in [4.78, 5) is 11.6. The molecule has 0 aromatic heterocycles. The van der Waals surface area contributed by atoms with Crippen molar-refractivity contribution in [3.63, 3.8) is 0 Å². The van der Waals surface area contributed by atoms with Gasteiger partial charge in [-0.05, 0) is 18.6 Å². The molecular formula is C10H10O3. The maximum absolute atomic E-state index is 11.6. The van der Waals surface area contributed by atoms with E-state index in [9.17, 15) is 9.90 Å². The van der Waals surface area contributed by atoms with Crippen LogP contribution >= 0.6 is 0 Å². The molecule has 13 heavy (non-hydrogen) atoms. The third-order valence-electron chi connectivity index (χ3n) is 2.19. The number of ketones is 1. The molecule has 1 aromatic carbocycles. The van der Waals surface area contributed by atoms with E-state index in [-0.39, 0.29) is 5.78 Å². The van der Waals surface area contributed by atoms with Gasteiger partial charge < -0.3 is 9.84 Å². The van der Waals surface area contributed by atoms with Crippen molar-refractivity contribution in [1.29, 1.82) is 0 Å². The first-order chi connectivity index (χ1) is 6.02. The molecule has 0 unspecified atom stereocenters. The number of hydrogen-bond donors (Lipinski definition) is 1. The minimum absolute atomic E-state index is 0.361. The monoisotopic (exact) mass is 178 g/mol. The number of aliphatic hydroxyl groups is 1. The van der Waals surface area contributed by atoms with Crippen LogP contribution in [0.5, 0.6) is 5.75 Å². The Balaban J connectivity index is 2.64. The second-order valence-corrected chi connectivity index (χ2v) is 3.36. The molecule has 3 nitrogen and oxygen atoms in total. The number of benzene rings is 1. The molecule has 0 radical (unpaired) electrons. The summed E-state index contributed by atoms with van der Waals surface area (Å²) in [5.74, 6) is -1.58. The zero-order valence-electron chi connectivity index (χ0n) is 7.50. The summed E-state index contributed by atoms with van der Waals surface area (Å²) in [7, 11) is 0. The Hall–Kier alpha value is -1.35. The van der Waals surface area contributed by atoms with Gasteiger partial charge in [0.2, 0.25) is 5.78 Å². The second-order valence-electron chi connectivity index (χ2n) is 3.36. The summed E-state index contributed by atoms with van der Waals surface area (Å²) < 4.78 is 5.09. The number of carbonyl (C=O) groups is 1. The molecule has 1 aliphatic heterocycles. The minimum atomic E-state index is -1.69. The van der Waals surface area contributed by atoms with Gasteiger partial charge in [-0.15, -0.1) is 0 Å². The molecule has 0 saturated carbocycles. The number of carbonyl (C=O) groups excluding carboxylic acids is 1. The molecule has 0 bridgehead atoms. The van der Waals surface area contributed by atoms with Crippen molar-refractivity contribution in [2.24, 2.45) is 0 Å². The average molecular weight is 178 g/mol. The average Bonchev–Trinajstić information content (AvgIpc) is 2.24. The van der Waals surface area contributed by atoms with Crippen LogP contribution in [-0.2, 0) is 0 Å². The Bertz CT molecular complexity index is 380. The molecule has 0 aliphatic carbocycles. The van der Waals surface area contributed by atoms with Gasteiger partial charge in [-0.1, -0.05) is 12.1 Å². The van der Waals surface area contributed by atoms with Crippen molar-refractivity contribution >= 4 is 5.78 Å². The van der Waals surface area contributed by atoms with Crippen LogP contribution in [0, 0.1) is 6.92 Å². The standard InChI is InChI=1S/C10H10O3/c1-6-4-3-5-7-8(6)9(11)10(2,12)13-7/h3-5,12H,1-2H3/t10-/m1/s1. The van der Waals surface area contributed by atoms with Crippen LogP contribution in [0.3, 0.4) is 0 Å². The van der Waals surface area contributed by atoms with Crippen molar-refractivity contribution in [2.45, 2.75) is 19.6 Å². The van der Waals surface area contributed by atoms with Gasteiger partial charge in [0.05, 0.1) is 5.56 Å². The van der Waals surface area contributed by atoms with Crippen LogP contribution in [0.2, 0.25) is 0 Å². The molecule has 1 aromatic rings. The lowest BCUT2D eigenvalue weighted by atomic mass is 10.0. The van der Waals surface area contributed by atoms with Crippen molar-refractivity contribution in [3.05, 3.63) is 29.3 Å². The Morgan fingerprint density at radius 3 is 2.77 bits per heavy atom. The zero-order chi connectivity index (χ0) is 9.64. The molecule has 68 valence electrons. The summed E-state index contributed by atoms with van der Waals surface area (Å²) in [5.41, 5.74) is 1.33. The van der Waals surface area contributed by atoms with Gasteiger partial charge in [0.1, 0.15) is 5.75 Å². The largest absolute Gasteiger partial charge is 0.454 e. The molecule has 2 rings (SSSR count). The summed E-state index contributed by atoms with van der Waals surface area (Å²) in [6.45, 7) is 3.18. The van der Waals surface area contributed by atoms with Crippen molar-refractivity contribution in [2.75, 3.05) is 0 Å². The van der Waals surface area contributed by atoms with E-state index in [1.165, 1.54) is 6.92 Å². The van der Waals surface area contributed by atoms with Gasteiger partial charge in [0.25, 0.3) is 5.79 Å². The summed E-state index contributed by atoms with van der Waals surface area (Å²) in [6, 6.07) is 5.30. The zero-order valence-corrected chi connectivity index (χ0v) is 7.50. The predicted octanol–water partition coefficient (Wildman–Crippen LogP) is 1.28. The topological polar surface area (TPSA) is 46.5 Å². The highest BCUT2D eigenvalue weighted by molar-refractivity contribution is 6.07. The first-order valence-electron chi connectivity index (χ1n) is 4.08. The van der Waals surface area contributed by atoms with E-state index in [0.29, 0.717) is 11.3 Å². The molecule has 0 fully saturated rings. The Morgan fingerprint density at radius 2 is 2.15 bits per heavy atom. The number of aryl methyl sites for hydroxylation is 1. The van der Waals surface area contributed by atoms with E-state index in [2.05, 4.69) is 0 Å². The molecular weight excluding hydrogens is 168 g/mol. The Labute approximate surface area is 76.0 Å². The van der Waals surface area contributed by atoms with Gasteiger partial charge in [-0.3, -0.25) is 4.79 Å². The third kappa shape index (κ3) is 1.04. The lowest BCUT2D eigenvalue weighted by Crippen LogP contribution is -2.35. The number of fused-ring (bicyclic) bond motifs is 1. The molecule has 0 spiro atoms. The summed E-state index contributed by atoms with van der Waals surface area (Å²) >= 11 is 0. The highest BCUT2D eigenvalue weighted by atomic mass is 16.6. The quantitative estimate of drug-likeness (QED) is 0.651. The Kier molecular flexibility index (Phi) is 1.48. The van der Waals surface area contributed by atoms with Gasteiger partial charge >= 0.3 is 0 Å². The lowest BCUT2D eigenvalue weighted by molar-refractivity contribution is -0.0749. The van der Waals surface area contributed by atoms with Crippen LogP contribution < -0.4 is 4.74 Å². The Morgan fingerprint density at radius 1 is 1.46 bits per heavy atom. The van der Waals surface area contributed by atoms with E-state index >= 15 is 0 Å². The maximum atomic E-state index is 11.6. The number of hydrogen-bond acceptors (Lipinski definition) is 3. The molecule has 1 N–H and O–H groups in total. The van der Waals surface area contributed by atoms with Gasteiger partial charge in [-0.25, -0.2) is 0 Å². The summed E-state index contributed by atoms with van der Waals surface area (Å²) in [6.07, 6.45) is 0. The van der Waals surface area contributed by atoms with Crippen LogP contribution in [0.4, 0.5) is 0 Å². The van der Waals surface area contributed by atoms with E-state index < -0.39 is 5.79 Å². The fraction of sp³-hybridized carbons (Fsp3) is 0.300. The van der Waals surface area contributed by atoms with Gasteiger partial charge in [0, 0.05) is 6.92 Å². The molecule has 1 heterocycles. The van der Waals surface area contributed by atoms with E-state index in [4.69, 9.17) is 4.74 Å². The fourth-order valence-electron chi connectivity index (χ4n) is 1.51. The van der Waals surface area contributed by atoms with Gasteiger partial charge in [0.15, 0.2) is 0 Å². The normalized spacial score (nSPS) is 25.6. The van der Waals surface area contributed by atoms with Crippen molar-refractivity contribution < 1.29 is 14.6 Å². The first kappa shape index (κ1) is 8.26. The molecule has 3 heteroatoms. The number of rotatable bonds is 0. The number of ether oxygens (including phenoxy) is 1. The molecule has 0 saturated heterocycles. The van der Waals surface area contributed by atoms with Crippen LogP contribution in [0.1, 0.15) is 22.8 Å². The highest BCUT2D eigenvalue weighted by Crippen LogP contribution is 2.35. The minimum Gasteiger partial charge on any atom is -0.454 e. The van der Waals surface area contributed by atoms with Crippen molar-refractivity contribution in [3.8, 4) is 5.75 Å². The first-order valence-corrected chi connectivity index (χ1v) is 4.08. The van der Waals surface area contributed by atoms with Crippen LogP contribution in [0.25, 0.3) is 0 Å². The molecule has 0 amide bonds. The second kappa shape index (κ2) is 2.33. The van der Waals surface area contributed by atoms with E-state index in [1.54, 1.807) is 12.1 Å². The van der Waals surface area contributed by atoms with E-state index in [0.717, 1.165) is 5.56 Å². The highest BCUT2D eigenvalue weighted by Gasteiger charge is 2.42. The van der Waals surface area contributed by atoms with Crippen LogP contribution in [-0.4, -0.2) is 16.7 Å². The SMILES string of the molecule is Cc1cccc2c1C(=O)[C@](C)(O)O2.